The summed E-state index contributed by atoms with van der Waals surface area (Å²) in [5.41, 5.74) is 0.878. The number of aromatic amines is 1. The highest BCUT2D eigenvalue weighted by molar-refractivity contribution is 7.89. The van der Waals surface area contributed by atoms with E-state index in [4.69, 9.17) is 0 Å². The molecule has 7 heteroatoms. The maximum atomic E-state index is 12.2. The number of likely N-dealkylation sites (tertiary alicyclic amines) is 1. The molecule has 0 aromatic carbocycles. The second-order valence-electron chi connectivity index (χ2n) is 5.84. The molecule has 0 radical (unpaired) electrons. The average molecular weight is 314 g/mol. The Labute approximate surface area is 127 Å². The van der Waals surface area contributed by atoms with E-state index in [2.05, 4.69) is 33.8 Å². The van der Waals surface area contributed by atoms with Crippen LogP contribution in [0.3, 0.4) is 0 Å². The number of nitrogens with one attached hydrogen (secondary N) is 3. The Hall–Kier alpha value is -0.890. The van der Waals surface area contributed by atoms with Crippen molar-refractivity contribution in [3.05, 3.63) is 18.0 Å². The van der Waals surface area contributed by atoms with E-state index in [1.807, 2.05) is 0 Å². The summed E-state index contributed by atoms with van der Waals surface area (Å²) in [6.45, 7) is 8.16. The molecule has 6 nitrogen and oxygen atoms in total. The average Bonchev–Trinajstić information content (AvgIpc) is 3.07. The molecule has 120 valence electrons. The van der Waals surface area contributed by atoms with E-state index in [-0.39, 0.29) is 0 Å². The Balaban J connectivity index is 1.83. The molecule has 0 spiro atoms. The van der Waals surface area contributed by atoms with Gasteiger partial charge in [-0.3, -0.25) is 0 Å². The van der Waals surface area contributed by atoms with Gasteiger partial charge in [-0.05, 0) is 32.0 Å². The number of sulfonamides is 1. The fourth-order valence-electron chi connectivity index (χ4n) is 2.42. The molecule has 0 saturated carbocycles. The zero-order chi connectivity index (χ0) is 15.3. The summed E-state index contributed by atoms with van der Waals surface area (Å²) < 4.78 is 27.0. The summed E-state index contributed by atoms with van der Waals surface area (Å²) in [7, 11) is -3.41. The van der Waals surface area contributed by atoms with Crippen molar-refractivity contribution in [3.63, 3.8) is 0 Å². The largest absolute Gasteiger partial charge is 0.363 e. The Bertz CT molecular complexity index is 533. The number of rotatable bonds is 8. The summed E-state index contributed by atoms with van der Waals surface area (Å²) in [4.78, 5) is 5.61. The van der Waals surface area contributed by atoms with Gasteiger partial charge in [0.25, 0.3) is 0 Å². The van der Waals surface area contributed by atoms with Crippen LogP contribution >= 0.6 is 0 Å². The summed E-state index contributed by atoms with van der Waals surface area (Å²) in [5, 5.41) is 3.25. The molecule has 0 bridgehead atoms. The first-order chi connectivity index (χ1) is 9.97. The quantitative estimate of drug-likeness (QED) is 0.666. The van der Waals surface area contributed by atoms with Gasteiger partial charge in [0.05, 0.1) is 4.90 Å². The molecule has 1 aliphatic rings. The van der Waals surface area contributed by atoms with E-state index in [9.17, 15) is 8.42 Å². The zero-order valence-corrected chi connectivity index (χ0v) is 13.7. The third-order valence-corrected chi connectivity index (χ3v) is 5.09. The minimum absolute atomic E-state index is 0.310. The molecule has 3 N–H and O–H groups in total. The van der Waals surface area contributed by atoms with Crippen LogP contribution in [0, 0.1) is 0 Å². The smallest absolute Gasteiger partial charge is 0.242 e. The summed E-state index contributed by atoms with van der Waals surface area (Å²) >= 11 is 0. The van der Waals surface area contributed by atoms with Crippen LogP contribution in [-0.2, 0) is 16.6 Å². The Morgan fingerprint density at radius 2 is 2.05 bits per heavy atom. The van der Waals surface area contributed by atoms with Crippen molar-refractivity contribution >= 4 is 10.0 Å². The van der Waals surface area contributed by atoms with Gasteiger partial charge >= 0.3 is 0 Å². The van der Waals surface area contributed by atoms with Crippen molar-refractivity contribution in [2.24, 2.45) is 0 Å². The third kappa shape index (κ3) is 5.10. The first-order valence-electron chi connectivity index (χ1n) is 7.60. The van der Waals surface area contributed by atoms with Crippen LogP contribution in [-0.4, -0.2) is 50.5 Å². The monoisotopic (exact) mass is 314 g/mol. The van der Waals surface area contributed by atoms with Gasteiger partial charge in [0, 0.05) is 37.6 Å². The van der Waals surface area contributed by atoms with Crippen LogP contribution < -0.4 is 10.0 Å². The van der Waals surface area contributed by atoms with Gasteiger partial charge in [0.2, 0.25) is 10.0 Å². The van der Waals surface area contributed by atoms with Crippen LogP contribution in [0.5, 0.6) is 0 Å². The number of aromatic nitrogens is 1. The normalized spacial score (nSPS) is 16.9. The first kappa shape index (κ1) is 16.5. The Morgan fingerprint density at radius 1 is 1.33 bits per heavy atom. The van der Waals surface area contributed by atoms with Crippen molar-refractivity contribution < 1.29 is 8.42 Å². The van der Waals surface area contributed by atoms with Crippen molar-refractivity contribution in [2.75, 3.05) is 26.2 Å². The van der Waals surface area contributed by atoms with E-state index < -0.39 is 10.0 Å². The van der Waals surface area contributed by atoms with Crippen LogP contribution in [0.4, 0.5) is 0 Å². The summed E-state index contributed by atoms with van der Waals surface area (Å²) in [6.07, 6.45) is 3.99. The SMILES string of the molecule is CC(C)NCc1cc(S(=O)(=O)NCCN2CCCC2)c[nH]1. The van der Waals surface area contributed by atoms with Crippen LogP contribution in [0.1, 0.15) is 32.4 Å². The molecular weight excluding hydrogens is 288 g/mol. The number of hydrogen-bond acceptors (Lipinski definition) is 4. The molecule has 1 fully saturated rings. The fraction of sp³-hybridized carbons (Fsp3) is 0.714. The molecular formula is C14H26N4O2S. The molecule has 1 saturated heterocycles. The highest BCUT2D eigenvalue weighted by Crippen LogP contribution is 2.11. The standard InChI is InChI=1S/C14H26N4O2S/c1-12(2)15-10-13-9-14(11-16-13)21(19,20)17-5-8-18-6-3-4-7-18/h9,11-12,15-17H,3-8,10H2,1-2H3. The number of H-pyrrole nitrogens is 1. The van der Waals surface area contributed by atoms with Crippen LogP contribution in [0.25, 0.3) is 0 Å². The molecule has 0 atom stereocenters. The topological polar surface area (TPSA) is 77.2 Å². The fourth-order valence-corrected chi connectivity index (χ4v) is 3.46. The summed E-state index contributed by atoms with van der Waals surface area (Å²) in [5.74, 6) is 0. The zero-order valence-electron chi connectivity index (χ0n) is 12.9. The second kappa shape index (κ2) is 7.40. The Morgan fingerprint density at radius 3 is 2.71 bits per heavy atom. The van der Waals surface area contributed by atoms with Gasteiger partial charge in [-0.1, -0.05) is 13.8 Å². The molecule has 2 heterocycles. The van der Waals surface area contributed by atoms with Gasteiger partial charge in [0.15, 0.2) is 0 Å². The maximum absolute atomic E-state index is 12.2. The highest BCUT2D eigenvalue weighted by Gasteiger charge is 2.17. The van der Waals surface area contributed by atoms with E-state index >= 15 is 0 Å². The van der Waals surface area contributed by atoms with Crippen molar-refractivity contribution in [1.82, 2.24) is 19.9 Å². The second-order valence-corrected chi connectivity index (χ2v) is 7.61. The number of hydrogen-bond donors (Lipinski definition) is 3. The highest BCUT2D eigenvalue weighted by atomic mass is 32.2. The maximum Gasteiger partial charge on any atom is 0.242 e. The third-order valence-electron chi connectivity index (χ3n) is 3.65. The predicted octanol–water partition coefficient (Wildman–Crippen LogP) is 0.887. The lowest BCUT2D eigenvalue weighted by Gasteiger charge is -2.14. The molecule has 0 aliphatic carbocycles. The van der Waals surface area contributed by atoms with Gasteiger partial charge < -0.3 is 15.2 Å². The minimum atomic E-state index is -3.41. The minimum Gasteiger partial charge on any atom is -0.363 e. The molecule has 0 unspecified atom stereocenters. The van der Waals surface area contributed by atoms with Crippen molar-refractivity contribution in [2.45, 2.75) is 44.2 Å². The van der Waals surface area contributed by atoms with Gasteiger partial charge in [0.1, 0.15) is 0 Å². The van der Waals surface area contributed by atoms with Crippen LogP contribution in [0.15, 0.2) is 17.2 Å². The Kier molecular flexibility index (Phi) is 5.80. The first-order valence-corrected chi connectivity index (χ1v) is 9.08. The molecule has 2 rings (SSSR count). The lowest BCUT2D eigenvalue weighted by molar-refractivity contribution is 0.344. The molecule has 0 amide bonds. The van der Waals surface area contributed by atoms with Gasteiger partial charge in [-0.2, -0.15) is 0 Å². The molecule has 1 aromatic rings. The van der Waals surface area contributed by atoms with E-state index in [1.54, 1.807) is 12.3 Å². The lowest BCUT2D eigenvalue weighted by Crippen LogP contribution is -2.33. The summed E-state index contributed by atoms with van der Waals surface area (Å²) in [6, 6.07) is 2.06. The van der Waals surface area contributed by atoms with E-state index in [0.29, 0.717) is 24.0 Å². The van der Waals surface area contributed by atoms with E-state index in [0.717, 1.165) is 25.3 Å². The van der Waals surface area contributed by atoms with E-state index in [1.165, 1.54) is 12.8 Å². The van der Waals surface area contributed by atoms with Crippen LogP contribution in [0.2, 0.25) is 0 Å². The van der Waals surface area contributed by atoms with Gasteiger partial charge in [-0.15, -0.1) is 0 Å². The predicted molar refractivity (Wildman–Crippen MR) is 83.6 cm³/mol. The lowest BCUT2D eigenvalue weighted by atomic mass is 10.3. The van der Waals surface area contributed by atoms with Crippen molar-refractivity contribution in [3.8, 4) is 0 Å². The van der Waals surface area contributed by atoms with Gasteiger partial charge in [-0.25, -0.2) is 13.1 Å². The number of nitrogens with zero attached hydrogens (tertiary/aromatic N) is 1. The molecule has 1 aromatic heterocycles. The molecule has 21 heavy (non-hydrogen) atoms. The van der Waals surface area contributed by atoms with Crippen molar-refractivity contribution in [1.29, 1.82) is 0 Å². The molecule has 1 aliphatic heterocycles.